The van der Waals surface area contributed by atoms with Crippen LogP contribution in [0.25, 0.3) is 6.08 Å². The van der Waals surface area contributed by atoms with Crippen LogP contribution in [0, 0.1) is 0 Å². The maximum atomic E-state index is 11.7. The molecule has 0 bridgehead atoms. The highest BCUT2D eigenvalue weighted by Gasteiger charge is 2.15. The van der Waals surface area contributed by atoms with Crippen molar-refractivity contribution in [3.63, 3.8) is 0 Å². The van der Waals surface area contributed by atoms with Crippen LogP contribution in [0.4, 0.5) is 0 Å². The van der Waals surface area contributed by atoms with Crippen LogP contribution in [0.2, 0.25) is 10.0 Å². The second-order valence-corrected chi connectivity index (χ2v) is 5.27. The quantitative estimate of drug-likeness (QED) is 0.833. The molecule has 2 rings (SSSR count). The zero-order valence-electron chi connectivity index (χ0n) is 9.96. The Morgan fingerprint density at radius 2 is 1.83 bits per heavy atom. The van der Waals surface area contributed by atoms with Crippen molar-refractivity contribution >= 4 is 35.2 Å². The van der Waals surface area contributed by atoms with Gasteiger partial charge in [0.25, 0.3) is 0 Å². The van der Waals surface area contributed by atoms with Crippen LogP contribution >= 0.6 is 23.2 Å². The topological polar surface area (TPSA) is 29.1 Å². The minimum Gasteiger partial charge on any atom is -0.350 e. The molecule has 0 spiro atoms. The van der Waals surface area contributed by atoms with Gasteiger partial charge in [-0.05, 0) is 31.1 Å². The Morgan fingerprint density at radius 3 is 2.44 bits per heavy atom. The number of benzene rings is 1. The largest absolute Gasteiger partial charge is 0.350 e. The van der Waals surface area contributed by atoms with Crippen molar-refractivity contribution in [3.8, 4) is 0 Å². The Labute approximate surface area is 117 Å². The zero-order valence-corrected chi connectivity index (χ0v) is 11.5. The SMILES string of the molecule is O=C(/C=C/c1c(Cl)cccc1Cl)NC1CCCC1. The van der Waals surface area contributed by atoms with Crippen molar-refractivity contribution in [2.75, 3.05) is 0 Å². The van der Waals surface area contributed by atoms with E-state index in [0.29, 0.717) is 21.7 Å². The second-order valence-electron chi connectivity index (χ2n) is 4.46. The normalized spacial score (nSPS) is 16.3. The van der Waals surface area contributed by atoms with Crippen LogP contribution in [0.15, 0.2) is 24.3 Å². The molecule has 0 unspecified atom stereocenters. The first kappa shape index (κ1) is 13.4. The Bertz CT molecular complexity index is 445. The third-order valence-electron chi connectivity index (χ3n) is 3.10. The lowest BCUT2D eigenvalue weighted by Gasteiger charge is -2.09. The lowest BCUT2D eigenvalue weighted by Crippen LogP contribution is -2.30. The van der Waals surface area contributed by atoms with Gasteiger partial charge >= 0.3 is 0 Å². The number of halogens is 2. The number of rotatable bonds is 3. The number of amides is 1. The van der Waals surface area contributed by atoms with E-state index in [9.17, 15) is 4.79 Å². The van der Waals surface area contributed by atoms with Gasteiger partial charge in [-0.15, -0.1) is 0 Å². The van der Waals surface area contributed by atoms with Gasteiger partial charge < -0.3 is 5.32 Å². The highest BCUT2D eigenvalue weighted by Crippen LogP contribution is 2.25. The summed E-state index contributed by atoms with van der Waals surface area (Å²) in [5, 5.41) is 4.07. The summed E-state index contributed by atoms with van der Waals surface area (Å²) in [6.45, 7) is 0. The van der Waals surface area contributed by atoms with Crippen molar-refractivity contribution in [2.45, 2.75) is 31.7 Å². The first-order valence-electron chi connectivity index (χ1n) is 6.09. The summed E-state index contributed by atoms with van der Waals surface area (Å²) in [6.07, 6.45) is 7.70. The third kappa shape index (κ3) is 3.50. The van der Waals surface area contributed by atoms with Gasteiger partial charge in [0.15, 0.2) is 0 Å². The Morgan fingerprint density at radius 1 is 1.22 bits per heavy atom. The molecule has 96 valence electrons. The van der Waals surface area contributed by atoms with E-state index >= 15 is 0 Å². The van der Waals surface area contributed by atoms with Gasteiger partial charge in [-0.1, -0.05) is 42.1 Å². The fourth-order valence-corrected chi connectivity index (χ4v) is 2.67. The van der Waals surface area contributed by atoms with Gasteiger partial charge in [0.1, 0.15) is 0 Å². The molecule has 0 saturated heterocycles. The predicted octanol–water partition coefficient (Wildman–Crippen LogP) is 4.07. The van der Waals surface area contributed by atoms with E-state index in [0.717, 1.165) is 12.8 Å². The van der Waals surface area contributed by atoms with Crippen molar-refractivity contribution in [3.05, 3.63) is 39.9 Å². The van der Waals surface area contributed by atoms with Gasteiger partial charge in [-0.3, -0.25) is 4.79 Å². The van der Waals surface area contributed by atoms with Gasteiger partial charge in [0.2, 0.25) is 5.91 Å². The molecule has 1 aromatic rings. The fourth-order valence-electron chi connectivity index (χ4n) is 2.15. The van der Waals surface area contributed by atoms with Crippen molar-refractivity contribution in [1.82, 2.24) is 5.32 Å². The van der Waals surface area contributed by atoms with E-state index in [-0.39, 0.29) is 5.91 Å². The lowest BCUT2D eigenvalue weighted by molar-refractivity contribution is -0.117. The number of carbonyl (C=O) groups excluding carboxylic acids is 1. The highest BCUT2D eigenvalue weighted by molar-refractivity contribution is 6.37. The molecule has 1 N–H and O–H groups in total. The Balaban J connectivity index is 1.99. The van der Waals surface area contributed by atoms with E-state index in [1.54, 1.807) is 24.3 Å². The zero-order chi connectivity index (χ0) is 13.0. The molecule has 0 aromatic heterocycles. The van der Waals surface area contributed by atoms with E-state index in [2.05, 4.69) is 5.32 Å². The van der Waals surface area contributed by atoms with Gasteiger partial charge in [0, 0.05) is 27.7 Å². The molecule has 0 atom stereocenters. The van der Waals surface area contributed by atoms with Crippen LogP contribution in [-0.2, 0) is 4.79 Å². The lowest BCUT2D eigenvalue weighted by atomic mass is 10.2. The summed E-state index contributed by atoms with van der Waals surface area (Å²) >= 11 is 12.0. The fraction of sp³-hybridized carbons (Fsp3) is 0.357. The maximum absolute atomic E-state index is 11.7. The number of hydrogen-bond acceptors (Lipinski definition) is 1. The summed E-state index contributed by atoms with van der Waals surface area (Å²) in [4.78, 5) is 11.7. The van der Waals surface area contributed by atoms with E-state index in [1.165, 1.54) is 18.9 Å². The molecule has 1 aliphatic rings. The van der Waals surface area contributed by atoms with Crippen molar-refractivity contribution in [2.24, 2.45) is 0 Å². The number of nitrogens with one attached hydrogen (secondary N) is 1. The predicted molar refractivity (Wildman–Crippen MR) is 75.9 cm³/mol. The Kier molecular flexibility index (Phi) is 4.67. The monoisotopic (exact) mass is 283 g/mol. The molecule has 1 fully saturated rings. The minimum absolute atomic E-state index is 0.0853. The molecule has 18 heavy (non-hydrogen) atoms. The second kappa shape index (κ2) is 6.26. The summed E-state index contributed by atoms with van der Waals surface area (Å²) in [5.41, 5.74) is 0.683. The molecule has 2 nitrogen and oxygen atoms in total. The van der Waals surface area contributed by atoms with Crippen LogP contribution in [0.3, 0.4) is 0 Å². The smallest absolute Gasteiger partial charge is 0.244 e. The van der Waals surface area contributed by atoms with E-state index < -0.39 is 0 Å². The summed E-state index contributed by atoms with van der Waals surface area (Å²) in [6, 6.07) is 5.61. The van der Waals surface area contributed by atoms with Crippen LogP contribution in [0.1, 0.15) is 31.2 Å². The first-order chi connectivity index (χ1) is 8.66. The average molecular weight is 284 g/mol. The van der Waals surface area contributed by atoms with Crippen molar-refractivity contribution < 1.29 is 4.79 Å². The Hall–Kier alpha value is -0.990. The number of carbonyl (C=O) groups is 1. The minimum atomic E-state index is -0.0853. The van der Waals surface area contributed by atoms with E-state index in [4.69, 9.17) is 23.2 Å². The third-order valence-corrected chi connectivity index (χ3v) is 3.76. The molecule has 0 radical (unpaired) electrons. The average Bonchev–Trinajstić information content (AvgIpc) is 2.81. The molecule has 1 amide bonds. The molecule has 1 aliphatic carbocycles. The van der Waals surface area contributed by atoms with Gasteiger partial charge in [0.05, 0.1) is 0 Å². The maximum Gasteiger partial charge on any atom is 0.244 e. The van der Waals surface area contributed by atoms with Crippen molar-refractivity contribution in [1.29, 1.82) is 0 Å². The molecule has 0 heterocycles. The first-order valence-corrected chi connectivity index (χ1v) is 6.85. The summed E-state index contributed by atoms with van der Waals surface area (Å²) in [5.74, 6) is -0.0853. The molecule has 1 aromatic carbocycles. The van der Waals surface area contributed by atoms with Gasteiger partial charge in [-0.2, -0.15) is 0 Å². The molecule has 4 heteroatoms. The van der Waals surface area contributed by atoms with Gasteiger partial charge in [-0.25, -0.2) is 0 Å². The number of hydrogen-bond donors (Lipinski definition) is 1. The highest BCUT2D eigenvalue weighted by atomic mass is 35.5. The standard InChI is InChI=1S/C14H15Cl2NO/c15-12-6-3-7-13(16)11(12)8-9-14(18)17-10-4-1-2-5-10/h3,6-10H,1-2,4-5H2,(H,17,18)/b9-8+. The van der Waals surface area contributed by atoms with E-state index in [1.807, 2.05) is 0 Å². The van der Waals surface area contributed by atoms with Crippen LogP contribution < -0.4 is 5.32 Å². The molecular weight excluding hydrogens is 269 g/mol. The van der Waals surface area contributed by atoms with Crippen LogP contribution in [0.5, 0.6) is 0 Å². The summed E-state index contributed by atoms with van der Waals surface area (Å²) < 4.78 is 0. The summed E-state index contributed by atoms with van der Waals surface area (Å²) in [7, 11) is 0. The molecule has 1 saturated carbocycles. The molecule has 0 aliphatic heterocycles. The molecular formula is C14H15Cl2NO. The van der Waals surface area contributed by atoms with Crippen LogP contribution in [-0.4, -0.2) is 11.9 Å².